The fourth-order valence-electron chi connectivity index (χ4n) is 3.61. The van der Waals surface area contributed by atoms with Gasteiger partial charge in [-0.1, -0.05) is 17.7 Å². The van der Waals surface area contributed by atoms with Crippen molar-refractivity contribution in [2.45, 2.75) is 24.2 Å². The predicted molar refractivity (Wildman–Crippen MR) is 109 cm³/mol. The number of fused-ring (bicyclic) bond motifs is 1. The molecule has 2 aromatic carbocycles. The molecule has 4 rings (SSSR count). The van der Waals surface area contributed by atoms with E-state index >= 15 is 0 Å². The first kappa shape index (κ1) is 18.2. The summed E-state index contributed by atoms with van der Waals surface area (Å²) in [5.74, 6) is 0.691. The lowest BCUT2D eigenvalue weighted by molar-refractivity contribution is 0.412. The van der Waals surface area contributed by atoms with Gasteiger partial charge in [-0.2, -0.15) is 0 Å². The topological polar surface area (TPSA) is 51.5 Å². The lowest BCUT2D eigenvalue weighted by atomic mass is 10.1. The zero-order valence-corrected chi connectivity index (χ0v) is 16.6. The molecule has 0 bridgehead atoms. The van der Waals surface area contributed by atoms with Gasteiger partial charge in [-0.05, 0) is 55.7 Å². The minimum Gasteiger partial charge on any atom is -0.495 e. The highest BCUT2D eigenvalue weighted by molar-refractivity contribution is 7.90. The van der Waals surface area contributed by atoms with Gasteiger partial charge in [-0.25, -0.2) is 12.4 Å². The number of anilines is 1. The van der Waals surface area contributed by atoms with Crippen molar-refractivity contribution in [3.63, 3.8) is 0 Å². The van der Waals surface area contributed by atoms with Crippen LogP contribution >= 0.6 is 11.6 Å². The van der Waals surface area contributed by atoms with E-state index in [2.05, 4.69) is 4.90 Å². The van der Waals surface area contributed by atoms with E-state index in [9.17, 15) is 8.42 Å². The zero-order chi connectivity index (χ0) is 19.0. The molecule has 27 heavy (non-hydrogen) atoms. The summed E-state index contributed by atoms with van der Waals surface area (Å²) in [5.41, 5.74) is 1.39. The molecule has 1 aromatic heterocycles. The van der Waals surface area contributed by atoms with E-state index in [1.54, 1.807) is 49.7 Å². The van der Waals surface area contributed by atoms with Crippen LogP contribution in [0.2, 0.25) is 5.02 Å². The smallest absolute Gasteiger partial charge is 0.268 e. The first-order valence-corrected chi connectivity index (χ1v) is 10.8. The first-order chi connectivity index (χ1) is 13.0. The van der Waals surface area contributed by atoms with Crippen molar-refractivity contribution >= 4 is 38.2 Å². The Balaban J connectivity index is 1.82. The third kappa shape index (κ3) is 3.28. The number of rotatable bonds is 4. The molecule has 3 aromatic rings. The average molecular weight is 405 g/mol. The van der Waals surface area contributed by atoms with Gasteiger partial charge >= 0.3 is 0 Å². The van der Waals surface area contributed by atoms with Crippen LogP contribution in [0, 0.1) is 0 Å². The van der Waals surface area contributed by atoms with Crippen LogP contribution in [0.4, 0.5) is 5.69 Å². The van der Waals surface area contributed by atoms with Gasteiger partial charge in [-0.3, -0.25) is 0 Å². The molecule has 1 saturated heterocycles. The number of methoxy groups -OCH3 is 1. The fourth-order valence-corrected chi connectivity index (χ4v) is 5.14. The molecular weight excluding hydrogens is 384 g/mol. The Kier molecular flexibility index (Phi) is 4.78. The van der Waals surface area contributed by atoms with E-state index < -0.39 is 10.0 Å². The molecular formula is C20H21ClN2O3S. The zero-order valence-electron chi connectivity index (χ0n) is 15.1. The van der Waals surface area contributed by atoms with E-state index in [1.807, 2.05) is 6.07 Å². The van der Waals surface area contributed by atoms with Crippen molar-refractivity contribution < 1.29 is 13.2 Å². The van der Waals surface area contributed by atoms with Gasteiger partial charge in [0.25, 0.3) is 10.0 Å². The largest absolute Gasteiger partial charge is 0.495 e. The van der Waals surface area contributed by atoms with E-state index in [0.29, 0.717) is 16.3 Å². The number of hydrogen-bond acceptors (Lipinski definition) is 4. The normalized spacial score (nSPS) is 15.3. The Bertz CT molecular complexity index is 1090. The summed E-state index contributed by atoms with van der Waals surface area (Å²) in [6, 6.07) is 12.1. The summed E-state index contributed by atoms with van der Waals surface area (Å²) in [7, 11) is -2.14. The van der Waals surface area contributed by atoms with E-state index in [4.69, 9.17) is 16.3 Å². The molecule has 7 heteroatoms. The van der Waals surface area contributed by atoms with Crippen molar-refractivity contribution in [3.05, 3.63) is 53.7 Å². The van der Waals surface area contributed by atoms with Gasteiger partial charge in [0.2, 0.25) is 0 Å². The molecule has 0 atom stereocenters. The molecule has 5 nitrogen and oxygen atoms in total. The molecule has 142 valence electrons. The lowest BCUT2D eigenvalue weighted by Crippen LogP contribution is -2.30. The van der Waals surface area contributed by atoms with Gasteiger partial charge in [0.15, 0.2) is 0 Å². The number of halogens is 1. The van der Waals surface area contributed by atoms with Gasteiger partial charge in [0.05, 0.1) is 23.2 Å². The van der Waals surface area contributed by atoms with Crippen LogP contribution < -0.4 is 9.64 Å². The Morgan fingerprint density at radius 3 is 2.52 bits per heavy atom. The third-order valence-electron chi connectivity index (χ3n) is 5.02. The summed E-state index contributed by atoms with van der Waals surface area (Å²) in [5, 5.41) is 1.33. The summed E-state index contributed by atoms with van der Waals surface area (Å²) in [4.78, 5) is 2.44. The van der Waals surface area contributed by atoms with E-state index in [0.717, 1.165) is 37.0 Å². The number of nitrogens with zero attached hydrogens (tertiary/aromatic N) is 2. The summed E-state index contributed by atoms with van der Waals surface area (Å²) < 4.78 is 33.4. The Hall–Kier alpha value is -2.18. The molecule has 0 aliphatic carbocycles. The standard InChI is InChI=1S/C20H21ClN2O3S/c1-26-20-8-7-17(14-19(20)22-10-3-2-4-11-22)27(24,25)23-12-9-15-5-6-16(21)13-18(15)23/h5-9,12-14H,2-4,10-11H2,1H3. The second kappa shape index (κ2) is 7.09. The maximum atomic E-state index is 13.3. The number of piperidine rings is 1. The molecule has 1 fully saturated rings. The van der Waals surface area contributed by atoms with Crippen molar-refractivity contribution in [1.29, 1.82) is 0 Å². The van der Waals surface area contributed by atoms with Gasteiger partial charge in [-0.15, -0.1) is 0 Å². The van der Waals surface area contributed by atoms with Crippen LogP contribution in [0.15, 0.2) is 53.6 Å². The number of hydrogen-bond donors (Lipinski definition) is 0. The van der Waals surface area contributed by atoms with Crippen LogP contribution in [0.3, 0.4) is 0 Å². The van der Waals surface area contributed by atoms with Crippen LogP contribution in [-0.2, 0) is 10.0 Å². The molecule has 0 spiro atoms. The van der Waals surface area contributed by atoms with Gasteiger partial charge in [0, 0.05) is 29.7 Å². The third-order valence-corrected chi connectivity index (χ3v) is 6.94. The van der Waals surface area contributed by atoms with Crippen LogP contribution in [0.25, 0.3) is 10.9 Å². The average Bonchev–Trinajstić information content (AvgIpc) is 3.12. The lowest BCUT2D eigenvalue weighted by Gasteiger charge is -2.30. The molecule has 1 aliphatic rings. The van der Waals surface area contributed by atoms with Crippen LogP contribution in [0.1, 0.15) is 19.3 Å². The van der Waals surface area contributed by atoms with Crippen molar-refractivity contribution in [1.82, 2.24) is 3.97 Å². The SMILES string of the molecule is COc1ccc(S(=O)(=O)n2ccc3ccc(Cl)cc32)cc1N1CCCCC1. The van der Waals surface area contributed by atoms with Gasteiger partial charge < -0.3 is 9.64 Å². The van der Waals surface area contributed by atoms with Crippen LogP contribution in [0.5, 0.6) is 5.75 Å². The Morgan fingerprint density at radius 2 is 1.78 bits per heavy atom. The van der Waals surface area contributed by atoms with Crippen LogP contribution in [-0.4, -0.2) is 32.6 Å². The number of benzene rings is 2. The fraction of sp³-hybridized carbons (Fsp3) is 0.300. The molecule has 0 radical (unpaired) electrons. The molecule has 0 N–H and O–H groups in total. The summed E-state index contributed by atoms with van der Waals surface area (Å²) >= 11 is 6.08. The second-order valence-corrected chi connectivity index (χ2v) is 8.95. The first-order valence-electron chi connectivity index (χ1n) is 8.96. The summed E-state index contributed by atoms with van der Waals surface area (Å²) in [6.45, 7) is 1.81. The predicted octanol–water partition coefficient (Wildman–Crippen LogP) is 4.53. The minimum absolute atomic E-state index is 0.237. The van der Waals surface area contributed by atoms with E-state index in [-0.39, 0.29) is 4.90 Å². The highest BCUT2D eigenvalue weighted by atomic mass is 35.5. The van der Waals surface area contributed by atoms with Crippen molar-refractivity contribution in [3.8, 4) is 5.75 Å². The van der Waals surface area contributed by atoms with Crippen molar-refractivity contribution in [2.75, 3.05) is 25.1 Å². The molecule has 0 saturated carbocycles. The molecule has 1 aliphatic heterocycles. The maximum Gasteiger partial charge on any atom is 0.268 e. The second-order valence-electron chi connectivity index (χ2n) is 6.70. The molecule has 0 unspecified atom stereocenters. The number of aromatic nitrogens is 1. The Labute approximate surface area is 164 Å². The number of ether oxygens (including phenoxy) is 1. The summed E-state index contributed by atoms with van der Waals surface area (Å²) in [6.07, 6.45) is 4.97. The monoisotopic (exact) mass is 404 g/mol. The van der Waals surface area contributed by atoms with Gasteiger partial charge in [0.1, 0.15) is 5.75 Å². The minimum atomic E-state index is -3.75. The Morgan fingerprint density at radius 1 is 1.00 bits per heavy atom. The highest BCUT2D eigenvalue weighted by Crippen LogP contribution is 2.34. The van der Waals surface area contributed by atoms with Crippen molar-refractivity contribution in [2.24, 2.45) is 0 Å². The maximum absolute atomic E-state index is 13.3. The molecule has 0 amide bonds. The van der Waals surface area contributed by atoms with E-state index in [1.165, 1.54) is 10.4 Å². The molecule has 2 heterocycles. The quantitative estimate of drug-likeness (QED) is 0.641. The highest BCUT2D eigenvalue weighted by Gasteiger charge is 2.23.